The minimum atomic E-state index is -0.453. The van der Waals surface area contributed by atoms with E-state index < -0.39 is 5.95 Å². The normalized spacial score (nSPS) is 21.8. The van der Waals surface area contributed by atoms with Crippen molar-refractivity contribution in [3.63, 3.8) is 0 Å². The van der Waals surface area contributed by atoms with Crippen LogP contribution in [0.5, 0.6) is 0 Å². The molecule has 1 aliphatic heterocycles. The van der Waals surface area contributed by atoms with Gasteiger partial charge in [0, 0.05) is 47.5 Å². The van der Waals surface area contributed by atoms with Crippen molar-refractivity contribution >= 4 is 23.1 Å². The topological polar surface area (TPSA) is 57.1 Å². The Bertz CT molecular complexity index is 781. The van der Waals surface area contributed by atoms with Gasteiger partial charge in [-0.15, -0.1) is 11.3 Å². The molecule has 0 radical (unpaired) electrons. The highest BCUT2D eigenvalue weighted by molar-refractivity contribution is 7.10. The second-order valence-electron chi connectivity index (χ2n) is 6.34. The number of carbonyl (C=O) groups excluding carboxylic acids is 1. The number of rotatable bonds is 2. The smallest absolute Gasteiger partial charge is 0.228 e. The molecule has 1 atom stereocenters. The van der Waals surface area contributed by atoms with Gasteiger partial charge < -0.3 is 4.90 Å². The number of aryl methyl sites for hydroxylation is 1. The molecule has 3 heterocycles. The van der Waals surface area contributed by atoms with E-state index in [4.69, 9.17) is 5.41 Å². The van der Waals surface area contributed by atoms with Gasteiger partial charge in [-0.1, -0.05) is 6.92 Å². The molecule has 0 bridgehead atoms. The minimum Gasteiger partial charge on any atom is -0.304 e. The molecule has 2 aromatic heterocycles. The first kappa shape index (κ1) is 15.8. The molecular weight excluding hydrogens is 313 g/mol. The third-order valence-corrected chi connectivity index (χ3v) is 5.66. The molecule has 1 saturated heterocycles. The predicted octanol–water partition coefficient (Wildman–Crippen LogP) is 3.74. The Balaban J connectivity index is 1.93. The molecular formula is C17H18FN3OS. The van der Waals surface area contributed by atoms with Crippen molar-refractivity contribution in [2.45, 2.75) is 32.1 Å². The average Bonchev–Trinajstić information content (AvgIpc) is 2.98. The van der Waals surface area contributed by atoms with Crippen LogP contribution in [0, 0.1) is 18.3 Å². The fraction of sp³-hybridized carbons (Fsp3) is 0.353. The summed E-state index contributed by atoms with van der Waals surface area (Å²) < 4.78 is 13.3. The fourth-order valence-electron chi connectivity index (χ4n) is 2.85. The van der Waals surface area contributed by atoms with E-state index in [1.54, 1.807) is 31.4 Å². The maximum absolute atomic E-state index is 13.3. The Morgan fingerprint density at radius 3 is 2.74 bits per heavy atom. The van der Waals surface area contributed by atoms with Crippen molar-refractivity contribution in [3.05, 3.63) is 40.1 Å². The molecule has 120 valence electrons. The average molecular weight is 331 g/mol. The van der Waals surface area contributed by atoms with Gasteiger partial charge in [0.2, 0.25) is 11.9 Å². The largest absolute Gasteiger partial charge is 0.304 e. The zero-order chi connectivity index (χ0) is 16.8. The van der Waals surface area contributed by atoms with Gasteiger partial charge in [0.15, 0.2) is 0 Å². The molecule has 0 unspecified atom stereocenters. The molecule has 1 N–H and O–H groups in total. The van der Waals surface area contributed by atoms with Crippen LogP contribution in [0.1, 0.15) is 30.2 Å². The van der Waals surface area contributed by atoms with Crippen LogP contribution in [-0.4, -0.2) is 28.7 Å². The highest BCUT2D eigenvalue weighted by atomic mass is 32.1. The number of thiophene rings is 1. The van der Waals surface area contributed by atoms with E-state index in [-0.39, 0.29) is 11.3 Å². The van der Waals surface area contributed by atoms with Crippen LogP contribution in [-0.2, 0) is 10.2 Å². The van der Waals surface area contributed by atoms with Crippen LogP contribution < -0.4 is 0 Å². The summed E-state index contributed by atoms with van der Waals surface area (Å²) >= 11 is 1.58. The maximum atomic E-state index is 13.3. The van der Waals surface area contributed by atoms with Crippen molar-refractivity contribution in [1.29, 1.82) is 5.41 Å². The van der Waals surface area contributed by atoms with E-state index >= 15 is 0 Å². The summed E-state index contributed by atoms with van der Waals surface area (Å²) in [5.74, 6) is -0.137. The standard InChI is InChI=1S/C17H18FN3OS/c1-10-4-11(8-20-16(10)18)12-5-13(23-9-12)17(2)6-14(19)21(3)15(22)7-17/h4-5,8-9,19H,6-7H2,1-3H3/t17-/m0/s1. The van der Waals surface area contributed by atoms with E-state index in [0.29, 0.717) is 24.2 Å². The first-order chi connectivity index (χ1) is 10.8. The Hall–Kier alpha value is -2.08. The summed E-state index contributed by atoms with van der Waals surface area (Å²) in [7, 11) is 1.65. The fourth-order valence-corrected chi connectivity index (χ4v) is 3.93. The van der Waals surface area contributed by atoms with Crippen molar-refractivity contribution in [2.75, 3.05) is 7.05 Å². The zero-order valence-electron chi connectivity index (χ0n) is 13.3. The number of likely N-dealkylation sites (tertiary alicyclic amines) is 1. The molecule has 6 heteroatoms. The van der Waals surface area contributed by atoms with E-state index in [1.165, 1.54) is 11.1 Å². The van der Waals surface area contributed by atoms with E-state index in [0.717, 1.165) is 16.0 Å². The number of aromatic nitrogens is 1. The molecule has 0 aromatic carbocycles. The lowest BCUT2D eigenvalue weighted by Gasteiger charge is -2.36. The number of amides is 1. The summed E-state index contributed by atoms with van der Waals surface area (Å²) in [6.45, 7) is 3.72. The van der Waals surface area contributed by atoms with Gasteiger partial charge in [0.05, 0.1) is 0 Å². The Morgan fingerprint density at radius 2 is 2.09 bits per heavy atom. The summed E-state index contributed by atoms with van der Waals surface area (Å²) in [6, 6.07) is 3.81. The van der Waals surface area contributed by atoms with Crippen molar-refractivity contribution in [3.8, 4) is 11.1 Å². The minimum absolute atomic E-state index is 0.0296. The molecule has 1 amide bonds. The molecule has 23 heavy (non-hydrogen) atoms. The molecule has 0 aliphatic carbocycles. The number of nitrogens with one attached hydrogen (secondary N) is 1. The Kier molecular flexibility index (Phi) is 3.80. The molecule has 4 nitrogen and oxygen atoms in total. The number of amidine groups is 1. The Labute approximate surface area is 138 Å². The van der Waals surface area contributed by atoms with Crippen molar-refractivity contribution in [1.82, 2.24) is 9.88 Å². The highest BCUT2D eigenvalue weighted by Gasteiger charge is 2.39. The second kappa shape index (κ2) is 5.53. The van der Waals surface area contributed by atoms with Gasteiger partial charge in [-0.25, -0.2) is 4.98 Å². The summed E-state index contributed by atoms with van der Waals surface area (Å²) in [5, 5.41) is 10.0. The monoisotopic (exact) mass is 331 g/mol. The number of nitrogens with zero attached hydrogens (tertiary/aromatic N) is 2. The number of carbonyl (C=O) groups is 1. The van der Waals surface area contributed by atoms with Crippen molar-refractivity contribution in [2.24, 2.45) is 0 Å². The second-order valence-corrected chi connectivity index (χ2v) is 7.26. The van der Waals surface area contributed by atoms with Gasteiger partial charge >= 0.3 is 0 Å². The lowest BCUT2D eigenvalue weighted by atomic mass is 9.78. The first-order valence-corrected chi connectivity index (χ1v) is 8.24. The van der Waals surface area contributed by atoms with Gasteiger partial charge in [0.25, 0.3) is 0 Å². The molecule has 2 aromatic rings. The third kappa shape index (κ3) is 2.79. The quantitative estimate of drug-likeness (QED) is 0.852. The van der Waals surface area contributed by atoms with Crippen molar-refractivity contribution < 1.29 is 9.18 Å². The molecule has 0 spiro atoms. The zero-order valence-corrected chi connectivity index (χ0v) is 14.1. The van der Waals surface area contributed by atoms with E-state index in [1.807, 2.05) is 18.4 Å². The molecule has 3 rings (SSSR count). The van der Waals surface area contributed by atoms with Crippen LogP contribution in [0.2, 0.25) is 0 Å². The van der Waals surface area contributed by atoms with Gasteiger partial charge in [-0.2, -0.15) is 4.39 Å². The number of hydrogen-bond donors (Lipinski definition) is 1. The SMILES string of the molecule is Cc1cc(-c2csc([C@@]3(C)CC(=N)N(C)C(=O)C3)c2)cnc1F. The number of hydrogen-bond acceptors (Lipinski definition) is 4. The van der Waals surface area contributed by atoms with E-state index in [2.05, 4.69) is 4.98 Å². The molecule has 1 fully saturated rings. The van der Waals surface area contributed by atoms with Gasteiger partial charge in [-0.05, 0) is 30.0 Å². The molecule has 1 aliphatic rings. The summed E-state index contributed by atoms with van der Waals surface area (Å²) in [4.78, 5) is 18.4. The van der Waals surface area contributed by atoms with Crippen LogP contribution in [0.15, 0.2) is 23.7 Å². The highest BCUT2D eigenvalue weighted by Crippen LogP contribution is 2.41. The lowest BCUT2D eigenvalue weighted by molar-refractivity contribution is -0.128. The Morgan fingerprint density at radius 1 is 1.35 bits per heavy atom. The van der Waals surface area contributed by atoms with E-state index in [9.17, 15) is 9.18 Å². The van der Waals surface area contributed by atoms with Gasteiger partial charge in [-0.3, -0.25) is 10.2 Å². The lowest BCUT2D eigenvalue weighted by Crippen LogP contribution is -2.46. The maximum Gasteiger partial charge on any atom is 0.228 e. The molecule has 0 saturated carbocycles. The summed E-state index contributed by atoms with van der Waals surface area (Å²) in [5.41, 5.74) is 1.99. The predicted molar refractivity (Wildman–Crippen MR) is 89.3 cm³/mol. The first-order valence-electron chi connectivity index (χ1n) is 7.36. The number of piperidine rings is 1. The van der Waals surface area contributed by atoms with Crippen LogP contribution in [0.25, 0.3) is 11.1 Å². The van der Waals surface area contributed by atoms with Gasteiger partial charge in [0.1, 0.15) is 5.84 Å². The van der Waals surface area contributed by atoms with Crippen LogP contribution in [0.3, 0.4) is 0 Å². The third-order valence-electron chi connectivity index (χ3n) is 4.42. The van der Waals surface area contributed by atoms with Crippen LogP contribution in [0.4, 0.5) is 4.39 Å². The number of pyridine rings is 1. The van der Waals surface area contributed by atoms with Crippen LogP contribution >= 0.6 is 11.3 Å². The summed E-state index contributed by atoms with van der Waals surface area (Å²) in [6.07, 6.45) is 2.46. The number of halogens is 1.